The molecule has 0 atom stereocenters. The molecule has 0 radical (unpaired) electrons. The van der Waals surface area contributed by atoms with Crippen LogP contribution in [-0.2, 0) is 24.8 Å². The van der Waals surface area contributed by atoms with Crippen LogP contribution >= 0.6 is 0 Å². The number of nitrogens with zero attached hydrogens (tertiary/aromatic N) is 3. The SMILES string of the molecule is Cn1nc2c(c1N1CCNCC1)COCC2. The molecule has 0 unspecified atom stereocenters. The highest BCUT2D eigenvalue weighted by Gasteiger charge is 2.24. The van der Waals surface area contributed by atoms with Gasteiger partial charge in [-0.3, -0.25) is 4.68 Å². The minimum Gasteiger partial charge on any atom is -0.376 e. The molecular formula is C11H18N4O. The average molecular weight is 222 g/mol. The van der Waals surface area contributed by atoms with Gasteiger partial charge >= 0.3 is 0 Å². The standard InChI is InChI=1S/C11H18N4O/c1-14-11(15-5-3-12-4-6-15)9-8-16-7-2-10(9)13-14/h12H,2-8H2,1H3. The van der Waals surface area contributed by atoms with E-state index >= 15 is 0 Å². The van der Waals surface area contributed by atoms with Gasteiger partial charge < -0.3 is 15.0 Å². The second-order valence-corrected chi connectivity index (χ2v) is 4.41. The van der Waals surface area contributed by atoms with Crippen molar-refractivity contribution in [2.75, 3.05) is 37.7 Å². The molecule has 1 saturated heterocycles. The molecular weight excluding hydrogens is 204 g/mol. The number of aromatic nitrogens is 2. The van der Waals surface area contributed by atoms with Crippen molar-refractivity contribution in [3.8, 4) is 0 Å². The van der Waals surface area contributed by atoms with E-state index in [4.69, 9.17) is 4.74 Å². The first kappa shape index (κ1) is 10.1. The zero-order valence-electron chi connectivity index (χ0n) is 9.70. The van der Waals surface area contributed by atoms with Crippen LogP contribution in [0.2, 0.25) is 0 Å². The van der Waals surface area contributed by atoms with E-state index in [0.717, 1.165) is 45.8 Å². The summed E-state index contributed by atoms with van der Waals surface area (Å²) in [5.41, 5.74) is 2.53. The molecule has 3 heterocycles. The van der Waals surface area contributed by atoms with Crippen molar-refractivity contribution in [1.29, 1.82) is 0 Å². The Morgan fingerprint density at radius 2 is 2.12 bits per heavy atom. The van der Waals surface area contributed by atoms with Crippen LogP contribution in [0.25, 0.3) is 0 Å². The van der Waals surface area contributed by atoms with Crippen LogP contribution < -0.4 is 10.2 Å². The van der Waals surface area contributed by atoms with Crippen LogP contribution in [-0.4, -0.2) is 42.6 Å². The van der Waals surface area contributed by atoms with Crippen molar-refractivity contribution in [3.63, 3.8) is 0 Å². The molecule has 3 rings (SSSR count). The maximum Gasteiger partial charge on any atom is 0.132 e. The van der Waals surface area contributed by atoms with Gasteiger partial charge in [-0.1, -0.05) is 0 Å². The highest BCUT2D eigenvalue weighted by Crippen LogP contribution is 2.27. The lowest BCUT2D eigenvalue weighted by Crippen LogP contribution is -2.44. The van der Waals surface area contributed by atoms with Crippen molar-refractivity contribution in [3.05, 3.63) is 11.3 Å². The van der Waals surface area contributed by atoms with Gasteiger partial charge in [-0.15, -0.1) is 0 Å². The van der Waals surface area contributed by atoms with Crippen molar-refractivity contribution in [2.45, 2.75) is 13.0 Å². The molecule has 0 bridgehead atoms. The number of aryl methyl sites for hydroxylation is 1. The summed E-state index contributed by atoms with van der Waals surface area (Å²) in [6, 6.07) is 0. The summed E-state index contributed by atoms with van der Waals surface area (Å²) in [5, 5.41) is 7.97. The smallest absolute Gasteiger partial charge is 0.132 e. The van der Waals surface area contributed by atoms with E-state index in [9.17, 15) is 0 Å². The van der Waals surface area contributed by atoms with Gasteiger partial charge in [0.05, 0.1) is 18.9 Å². The Labute approximate surface area is 95.4 Å². The molecule has 0 saturated carbocycles. The van der Waals surface area contributed by atoms with Gasteiger partial charge in [0.15, 0.2) is 0 Å². The van der Waals surface area contributed by atoms with Crippen molar-refractivity contribution >= 4 is 5.82 Å². The van der Waals surface area contributed by atoms with Crippen LogP contribution in [0.3, 0.4) is 0 Å². The third-order valence-electron chi connectivity index (χ3n) is 3.34. The molecule has 1 aromatic rings. The van der Waals surface area contributed by atoms with Gasteiger partial charge in [0, 0.05) is 45.2 Å². The summed E-state index contributed by atoms with van der Waals surface area (Å²) < 4.78 is 7.56. The molecule has 0 aliphatic carbocycles. The number of hydrogen-bond donors (Lipinski definition) is 1. The Morgan fingerprint density at radius 3 is 2.94 bits per heavy atom. The van der Waals surface area contributed by atoms with E-state index in [0.29, 0.717) is 0 Å². The molecule has 5 nitrogen and oxygen atoms in total. The Hall–Kier alpha value is -1.07. The van der Waals surface area contributed by atoms with E-state index in [1.165, 1.54) is 17.1 Å². The quantitative estimate of drug-likeness (QED) is 0.720. The first-order valence-corrected chi connectivity index (χ1v) is 5.94. The minimum atomic E-state index is 0.725. The second-order valence-electron chi connectivity index (χ2n) is 4.41. The largest absolute Gasteiger partial charge is 0.376 e. The van der Waals surface area contributed by atoms with Gasteiger partial charge in [-0.2, -0.15) is 5.10 Å². The lowest BCUT2D eigenvalue weighted by molar-refractivity contribution is 0.110. The number of rotatable bonds is 1. The van der Waals surface area contributed by atoms with Gasteiger partial charge in [-0.25, -0.2) is 0 Å². The summed E-state index contributed by atoms with van der Waals surface area (Å²) in [5.74, 6) is 1.26. The van der Waals surface area contributed by atoms with E-state index in [1.807, 2.05) is 11.7 Å². The highest BCUT2D eigenvalue weighted by molar-refractivity contribution is 5.51. The lowest BCUT2D eigenvalue weighted by Gasteiger charge is -2.30. The Balaban J connectivity index is 1.95. The summed E-state index contributed by atoms with van der Waals surface area (Å²) in [4.78, 5) is 2.41. The van der Waals surface area contributed by atoms with Gasteiger partial charge in [-0.05, 0) is 0 Å². The van der Waals surface area contributed by atoms with E-state index in [2.05, 4.69) is 15.3 Å². The molecule has 16 heavy (non-hydrogen) atoms. The van der Waals surface area contributed by atoms with Crippen molar-refractivity contribution < 1.29 is 4.74 Å². The lowest BCUT2D eigenvalue weighted by atomic mass is 10.1. The molecule has 2 aliphatic heterocycles. The Morgan fingerprint density at radius 1 is 1.31 bits per heavy atom. The predicted octanol–water partition coefficient (Wildman–Crippen LogP) is -0.0976. The Bertz CT molecular complexity index is 382. The third kappa shape index (κ3) is 1.60. The van der Waals surface area contributed by atoms with E-state index in [-0.39, 0.29) is 0 Å². The predicted molar refractivity (Wildman–Crippen MR) is 61.7 cm³/mol. The third-order valence-corrected chi connectivity index (χ3v) is 3.34. The van der Waals surface area contributed by atoms with E-state index in [1.54, 1.807) is 0 Å². The monoisotopic (exact) mass is 222 g/mol. The maximum atomic E-state index is 5.55. The molecule has 1 aromatic heterocycles. The fourth-order valence-electron chi connectivity index (χ4n) is 2.58. The summed E-state index contributed by atoms with van der Waals surface area (Å²) >= 11 is 0. The number of hydrogen-bond acceptors (Lipinski definition) is 4. The fraction of sp³-hybridized carbons (Fsp3) is 0.727. The van der Waals surface area contributed by atoms with Crippen molar-refractivity contribution in [2.24, 2.45) is 7.05 Å². The summed E-state index contributed by atoms with van der Waals surface area (Å²) in [7, 11) is 2.04. The van der Waals surface area contributed by atoms with E-state index < -0.39 is 0 Å². The molecule has 2 aliphatic rings. The average Bonchev–Trinajstić information content (AvgIpc) is 2.66. The first-order valence-electron chi connectivity index (χ1n) is 5.94. The van der Waals surface area contributed by atoms with Gasteiger partial charge in [0.1, 0.15) is 5.82 Å². The number of anilines is 1. The molecule has 0 spiro atoms. The van der Waals surface area contributed by atoms with Gasteiger partial charge in [0.25, 0.3) is 0 Å². The molecule has 5 heteroatoms. The topological polar surface area (TPSA) is 42.3 Å². The molecule has 1 fully saturated rings. The maximum absolute atomic E-state index is 5.55. The minimum absolute atomic E-state index is 0.725. The summed E-state index contributed by atoms with van der Waals surface area (Å²) in [6.45, 7) is 5.77. The number of ether oxygens (including phenoxy) is 1. The number of nitrogens with one attached hydrogen (secondary N) is 1. The van der Waals surface area contributed by atoms with Crippen LogP contribution in [0, 0.1) is 0 Å². The second kappa shape index (κ2) is 4.07. The normalized spacial score (nSPS) is 20.9. The summed E-state index contributed by atoms with van der Waals surface area (Å²) in [6.07, 6.45) is 0.954. The highest BCUT2D eigenvalue weighted by atomic mass is 16.5. The van der Waals surface area contributed by atoms with Crippen LogP contribution in [0.1, 0.15) is 11.3 Å². The van der Waals surface area contributed by atoms with Crippen LogP contribution in [0.4, 0.5) is 5.82 Å². The number of fused-ring (bicyclic) bond motifs is 1. The fourth-order valence-corrected chi connectivity index (χ4v) is 2.58. The molecule has 0 aromatic carbocycles. The molecule has 0 amide bonds. The zero-order chi connectivity index (χ0) is 11.0. The van der Waals surface area contributed by atoms with Crippen LogP contribution in [0.5, 0.6) is 0 Å². The van der Waals surface area contributed by atoms with Crippen molar-refractivity contribution in [1.82, 2.24) is 15.1 Å². The first-order chi connectivity index (χ1) is 7.86. The van der Waals surface area contributed by atoms with Gasteiger partial charge in [0.2, 0.25) is 0 Å². The zero-order valence-corrected chi connectivity index (χ0v) is 9.70. The molecule has 88 valence electrons. The van der Waals surface area contributed by atoms with Crippen LogP contribution in [0.15, 0.2) is 0 Å². The molecule has 1 N–H and O–H groups in total. The number of piperazine rings is 1. The Kier molecular flexibility index (Phi) is 2.57.